The maximum absolute atomic E-state index is 12.9. The Kier molecular flexibility index (Phi) is 36.1. The normalized spacial score (nSPS) is 12.7. The van der Waals surface area contributed by atoms with Crippen molar-refractivity contribution < 1.29 is 30.9 Å². The van der Waals surface area contributed by atoms with E-state index in [1.54, 1.807) is 39.8 Å². The molecule has 2 heterocycles. The van der Waals surface area contributed by atoms with Crippen molar-refractivity contribution in [1.82, 2.24) is 0 Å². The van der Waals surface area contributed by atoms with Crippen molar-refractivity contribution in [2.75, 3.05) is 47.0 Å². The summed E-state index contributed by atoms with van der Waals surface area (Å²) in [7, 11) is -3.51. The Morgan fingerprint density at radius 2 is 0.955 bits per heavy atom. The average molecular weight is 1780 g/mol. The Morgan fingerprint density at radius 1 is 0.468 bits per heavy atom. The van der Waals surface area contributed by atoms with Gasteiger partial charge in [0.15, 0.2) is 12.7 Å². The molecule has 0 radical (unpaired) electrons. The van der Waals surface area contributed by atoms with Gasteiger partial charge in [-0.1, -0.05) is 351 Å². The number of sulfonamides is 1. The highest BCUT2D eigenvalue weighted by molar-refractivity contribution is 9.42. The Balaban J connectivity index is 0.000000206. The number of nitrogens with zero attached hydrogens (tertiary/aromatic N) is 2. The van der Waals surface area contributed by atoms with Crippen LogP contribution in [0, 0.1) is 0 Å². The number of unbranched alkanes of at least 4 members (excludes halogenated alkanes) is 19. The lowest BCUT2D eigenvalue weighted by Gasteiger charge is -2.21. The Hall–Kier alpha value is -7.00. The van der Waals surface area contributed by atoms with Crippen molar-refractivity contribution in [3.05, 3.63) is 272 Å². The van der Waals surface area contributed by atoms with Crippen LogP contribution in [0.15, 0.2) is 286 Å². The fourth-order valence-corrected chi connectivity index (χ4v) is 20.7. The van der Waals surface area contributed by atoms with Gasteiger partial charge >= 0.3 is 0 Å². The van der Waals surface area contributed by atoms with Crippen LogP contribution in [0.5, 0.6) is 11.5 Å². The van der Waals surface area contributed by atoms with Gasteiger partial charge in [-0.25, -0.2) is 16.8 Å². The molecule has 0 unspecified atom stereocenters. The van der Waals surface area contributed by atoms with E-state index in [-0.39, 0.29) is 10.6 Å². The maximum Gasteiger partial charge on any atom is 0.239 e. The van der Waals surface area contributed by atoms with E-state index in [4.69, 9.17) is 9.47 Å². The lowest BCUT2D eigenvalue weighted by molar-refractivity contribution is -0.672. The van der Waals surface area contributed by atoms with Crippen LogP contribution in [0.4, 0.5) is 17.1 Å². The number of anilines is 3. The van der Waals surface area contributed by atoms with E-state index in [0.717, 1.165) is 65.3 Å². The van der Waals surface area contributed by atoms with E-state index in [2.05, 4.69) is 288 Å². The number of thioether (sulfide) groups is 1. The smallest absolute Gasteiger partial charge is 0.239 e. The lowest BCUT2D eigenvalue weighted by atomic mass is 10.1. The molecule has 0 saturated heterocycles. The number of ether oxygens (including phenoxy) is 2. The molecular weight excluding hydrogens is 1670 g/mol. The molecular formula is C93H106Br3N4O6S5+. The molecule has 0 saturated carbocycles. The minimum absolute atomic E-state index is 0.182. The van der Waals surface area contributed by atoms with Crippen LogP contribution < -0.4 is 29.0 Å². The van der Waals surface area contributed by atoms with Crippen LogP contribution in [-0.4, -0.2) is 50.4 Å². The molecule has 10 nitrogen and oxygen atoms in total. The molecule has 12 rings (SSSR count). The van der Waals surface area contributed by atoms with E-state index in [1.165, 1.54) is 186 Å². The summed E-state index contributed by atoms with van der Waals surface area (Å²) in [6.45, 7) is 8.14. The summed E-state index contributed by atoms with van der Waals surface area (Å²) in [6.07, 6.45) is 39.8. The van der Waals surface area contributed by atoms with Crippen LogP contribution in [-0.2, 0) is 26.4 Å². The van der Waals surface area contributed by atoms with Gasteiger partial charge in [-0.2, -0.15) is 4.57 Å². The van der Waals surface area contributed by atoms with Gasteiger partial charge in [-0.15, -0.1) is 0 Å². The highest BCUT2D eigenvalue weighted by atomic mass is 80.0. The zero-order chi connectivity index (χ0) is 77.8. The first-order valence-corrected chi connectivity index (χ1v) is 48.0. The number of sulfone groups is 1. The molecule has 0 aliphatic carbocycles. The molecule has 0 spiro atoms. The van der Waals surface area contributed by atoms with E-state index >= 15 is 0 Å². The van der Waals surface area contributed by atoms with E-state index in [1.807, 2.05) is 42.1 Å². The van der Waals surface area contributed by atoms with Gasteiger partial charge in [0.05, 0.1) is 39.0 Å². The second kappa shape index (κ2) is 46.4. The topological polar surface area (TPSA) is 118 Å². The monoisotopic (exact) mass is 1770 g/mol. The molecule has 10 aromatic carbocycles. The molecule has 0 atom stereocenters. The fourth-order valence-electron chi connectivity index (χ4n) is 13.5. The number of hydrogen-bond acceptors (Lipinski definition) is 11. The molecule has 0 bridgehead atoms. The first-order chi connectivity index (χ1) is 54.2. The number of para-hydroxylation sites is 3. The number of nitrogens with one attached hydrogen (secondary N) is 2. The molecule has 0 amide bonds. The lowest BCUT2D eigenvalue weighted by Crippen LogP contribution is -2.37. The van der Waals surface area contributed by atoms with Gasteiger partial charge in [0.25, 0.3) is 0 Å². The van der Waals surface area contributed by atoms with E-state index in [0.29, 0.717) is 25.3 Å². The second-order valence-electron chi connectivity index (χ2n) is 27.8. The minimum atomic E-state index is -3.43. The van der Waals surface area contributed by atoms with Crippen molar-refractivity contribution >= 4 is 167 Å². The standard InChI is InChI=1S/C49H39N2O2S.C37H62N2O2S3.C7H5Br3O2S/c1(2-14-39-30-31-50(44-24-11-10-20-40(39)44)32-34-52-46-25-12-18-36-15-4-7-21-41(36)46)3-27-48-51(45-29-28-38-17-6-9-23-43(38)49(45)54-48)33-35-53-47-26-13-19-37-16-5-8-22-42(37)47;1-3-5-7-9-11-13-15-16-18-20-26-32-38-34-28-22-24-30-36(34)42-43-37-31-25-23-29-35(37)39-44(40,41)33-27-21-19-17-14-12-10-8-6-4-2;8-7(9,10)13(11,12)6-4-2-1-3-5-6/h1-31H,32-35H2;22-25,28-31,38-39H,3-21,26-27,32-33H2,1-2H3;1-5H/q+1;;. The number of rotatable bonds is 41. The Bertz CT molecular complexity index is 5030. The zero-order valence-corrected chi connectivity index (χ0v) is 72.9. The number of fused-ring (bicyclic) bond motifs is 6. The van der Waals surface area contributed by atoms with Gasteiger partial charge in [0.1, 0.15) is 24.7 Å². The minimum Gasteiger partial charge on any atom is -0.491 e. The molecule has 18 heteroatoms. The molecule has 111 heavy (non-hydrogen) atoms. The summed E-state index contributed by atoms with van der Waals surface area (Å²) in [5.74, 6) is 2.02. The van der Waals surface area contributed by atoms with Crippen LogP contribution in [0.2, 0.25) is 0 Å². The molecule has 584 valence electrons. The highest BCUT2D eigenvalue weighted by Crippen LogP contribution is 2.50. The molecule has 1 aliphatic rings. The average Bonchev–Trinajstić information content (AvgIpc) is 1.63. The van der Waals surface area contributed by atoms with Gasteiger partial charge in [-0.05, 0) is 154 Å². The zero-order valence-electron chi connectivity index (χ0n) is 64.0. The number of hydrogen-bond donors (Lipinski definition) is 2. The maximum atomic E-state index is 12.9. The summed E-state index contributed by atoms with van der Waals surface area (Å²) in [6, 6.07) is 77.4. The van der Waals surface area contributed by atoms with Gasteiger partial charge in [0, 0.05) is 49.8 Å². The predicted molar refractivity (Wildman–Crippen MR) is 488 cm³/mol. The first kappa shape index (κ1) is 86.4. The molecule has 11 aromatic rings. The third-order valence-electron chi connectivity index (χ3n) is 19.5. The van der Waals surface area contributed by atoms with Gasteiger partial charge < -0.3 is 19.7 Å². The third kappa shape index (κ3) is 27.1. The number of halogens is 3. The van der Waals surface area contributed by atoms with Crippen LogP contribution in [0.25, 0.3) is 49.3 Å². The van der Waals surface area contributed by atoms with Crippen LogP contribution >= 0.6 is 81.1 Å². The largest absolute Gasteiger partial charge is 0.491 e. The summed E-state index contributed by atoms with van der Waals surface area (Å²) in [5, 5.41) is 13.2. The Morgan fingerprint density at radius 3 is 1.56 bits per heavy atom. The van der Waals surface area contributed by atoms with Gasteiger partial charge in [-0.3, -0.25) is 4.72 Å². The van der Waals surface area contributed by atoms with Crippen molar-refractivity contribution in [1.29, 1.82) is 0 Å². The number of benzene rings is 10. The van der Waals surface area contributed by atoms with Crippen molar-refractivity contribution in [3.63, 3.8) is 0 Å². The van der Waals surface area contributed by atoms with E-state index < -0.39 is 21.3 Å². The molecule has 0 fully saturated rings. The molecule has 1 aromatic heterocycles. The number of allylic oxidation sites excluding steroid dienone is 4. The van der Waals surface area contributed by atoms with Crippen molar-refractivity contribution in [2.24, 2.45) is 0 Å². The summed E-state index contributed by atoms with van der Waals surface area (Å²) >= 11 is 10.8. The first-order valence-electron chi connectivity index (χ1n) is 39.5. The Labute approximate surface area is 698 Å². The van der Waals surface area contributed by atoms with Crippen molar-refractivity contribution in [3.8, 4) is 11.5 Å². The fraction of sp³-hybridized carbons (Fsp3) is 0.323. The molecule has 1 aliphatic heterocycles. The SMILES string of the molecule is C(=CC=C1Sc2c(ccc3ccccc23)N1CCOc1cccc2ccccc12)C=Cc1cc[n+](CCOc2cccc3ccccc23)c2ccccc12.CCCCCCCCCCCCCNc1ccccc1SSc1ccccc1NS(=O)(=O)CCCCCCCCCCCC.O=S(=O)(c1ccccc1)C(Br)(Br)Br. The summed E-state index contributed by atoms with van der Waals surface area (Å²) in [5.41, 5.74) is 5.40. The third-order valence-corrected chi connectivity index (χ3v) is 29.8. The summed E-state index contributed by atoms with van der Waals surface area (Å²) in [4.78, 5) is 6.03. The quantitative estimate of drug-likeness (QED) is 0.0125. The summed E-state index contributed by atoms with van der Waals surface area (Å²) < 4.78 is 65.7. The van der Waals surface area contributed by atoms with E-state index in [9.17, 15) is 16.8 Å². The van der Waals surface area contributed by atoms with Crippen LogP contribution in [0.3, 0.4) is 0 Å². The predicted octanol–water partition coefficient (Wildman–Crippen LogP) is 27.9. The number of pyridine rings is 1. The number of alkyl halides is 3. The van der Waals surface area contributed by atoms with Crippen LogP contribution in [0.1, 0.15) is 154 Å². The van der Waals surface area contributed by atoms with Gasteiger partial charge in [0.2, 0.25) is 26.9 Å². The van der Waals surface area contributed by atoms with Crippen molar-refractivity contribution in [2.45, 2.75) is 176 Å². The second-order valence-corrected chi connectivity index (χ2v) is 43.3. The molecule has 2 N–H and O–H groups in total. The number of aromatic nitrogens is 1. The highest BCUT2D eigenvalue weighted by Gasteiger charge is 2.37.